The third-order valence-corrected chi connectivity index (χ3v) is 5.77. The van der Waals surface area contributed by atoms with Crippen LogP contribution in [-0.2, 0) is 31.4 Å². The van der Waals surface area contributed by atoms with Crippen LogP contribution < -0.4 is 0 Å². The molecule has 5 nitrogen and oxygen atoms in total. The number of ether oxygens (including phenoxy) is 1. The van der Waals surface area contributed by atoms with E-state index in [4.69, 9.17) is 9.72 Å². The molecular weight excluding hydrogens is 322 g/mol. The molecule has 6 heteroatoms. The predicted molar refractivity (Wildman–Crippen MR) is 94.1 cm³/mol. The van der Waals surface area contributed by atoms with Gasteiger partial charge in [-0.3, -0.25) is 4.90 Å². The fourth-order valence-electron chi connectivity index (χ4n) is 3.51. The highest BCUT2D eigenvalue weighted by atomic mass is 32.1. The van der Waals surface area contributed by atoms with E-state index in [1.807, 2.05) is 11.4 Å². The van der Waals surface area contributed by atoms with Crippen LogP contribution in [0.3, 0.4) is 0 Å². The summed E-state index contributed by atoms with van der Waals surface area (Å²) in [6.45, 7) is 3.45. The van der Waals surface area contributed by atoms with Crippen LogP contribution >= 0.6 is 11.3 Å². The molecule has 4 rings (SSSR count). The van der Waals surface area contributed by atoms with Gasteiger partial charge in [-0.2, -0.15) is 0 Å². The molecule has 1 N–H and O–H groups in total. The summed E-state index contributed by atoms with van der Waals surface area (Å²) in [4.78, 5) is 8.37. The Hall–Kier alpha value is -1.21. The Balaban J connectivity index is 1.27. The summed E-state index contributed by atoms with van der Waals surface area (Å²) in [5.74, 6) is 1.95. The van der Waals surface area contributed by atoms with Gasteiger partial charge in [0.1, 0.15) is 5.82 Å². The molecule has 2 aromatic heterocycles. The van der Waals surface area contributed by atoms with Crippen molar-refractivity contribution in [2.24, 2.45) is 7.05 Å². The van der Waals surface area contributed by atoms with Crippen molar-refractivity contribution >= 4 is 11.3 Å². The molecule has 0 bridgehead atoms. The SMILES string of the molecule is Cn1c(C2CC2)nc2c1CCN(CC(O)COCc1cccs1)C2. The molecule has 0 saturated heterocycles. The Labute approximate surface area is 146 Å². The van der Waals surface area contributed by atoms with Gasteiger partial charge in [0, 0.05) is 49.6 Å². The van der Waals surface area contributed by atoms with E-state index >= 15 is 0 Å². The highest BCUT2D eigenvalue weighted by molar-refractivity contribution is 7.09. The van der Waals surface area contributed by atoms with E-state index in [0.29, 0.717) is 25.7 Å². The average Bonchev–Trinajstić information content (AvgIpc) is 3.18. The van der Waals surface area contributed by atoms with E-state index in [1.165, 1.54) is 34.9 Å². The zero-order chi connectivity index (χ0) is 16.5. The lowest BCUT2D eigenvalue weighted by Crippen LogP contribution is -2.38. The van der Waals surface area contributed by atoms with Crippen molar-refractivity contribution in [2.45, 2.75) is 44.4 Å². The minimum Gasteiger partial charge on any atom is -0.389 e. The van der Waals surface area contributed by atoms with Gasteiger partial charge in [0.15, 0.2) is 0 Å². The second-order valence-electron chi connectivity index (χ2n) is 6.93. The first-order valence-electron chi connectivity index (χ1n) is 8.75. The minimum absolute atomic E-state index is 0.386. The van der Waals surface area contributed by atoms with Crippen LogP contribution in [0.1, 0.15) is 40.8 Å². The third-order valence-electron chi connectivity index (χ3n) is 4.92. The van der Waals surface area contributed by atoms with Crippen LogP contribution in [0.15, 0.2) is 17.5 Å². The van der Waals surface area contributed by atoms with Crippen LogP contribution in [0.25, 0.3) is 0 Å². The Morgan fingerprint density at radius 3 is 3.08 bits per heavy atom. The molecule has 1 aliphatic carbocycles. The molecule has 130 valence electrons. The lowest BCUT2D eigenvalue weighted by molar-refractivity contribution is 0.00820. The summed E-state index contributed by atoms with van der Waals surface area (Å²) in [7, 11) is 2.16. The van der Waals surface area contributed by atoms with Gasteiger partial charge in [0.2, 0.25) is 0 Å². The lowest BCUT2D eigenvalue weighted by atomic mass is 10.1. The number of hydrogen-bond acceptors (Lipinski definition) is 5. The number of imidazole rings is 1. The van der Waals surface area contributed by atoms with Crippen LogP contribution in [0.2, 0.25) is 0 Å². The topological polar surface area (TPSA) is 50.5 Å². The second-order valence-corrected chi connectivity index (χ2v) is 7.96. The first-order valence-corrected chi connectivity index (χ1v) is 9.63. The molecule has 2 aromatic rings. The molecule has 1 aliphatic heterocycles. The highest BCUT2D eigenvalue weighted by Gasteiger charge is 2.32. The summed E-state index contributed by atoms with van der Waals surface area (Å²) in [6, 6.07) is 4.08. The maximum atomic E-state index is 10.2. The number of nitrogens with zero attached hydrogens (tertiary/aromatic N) is 3. The molecule has 0 amide bonds. The summed E-state index contributed by atoms with van der Waals surface area (Å²) in [6.07, 6.45) is 3.15. The predicted octanol–water partition coefficient (Wildman–Crippen LogP) is 2.29. The van der Waals surface area contributed by atoms with E-state index in [0.717, 1.165) is 19.5 Å². The fourth-order valence-corrected chi connectivity index (χ4v) is 4.15. The molecule has 1 unspecified atom stereocenters. The molecule has 3 heterocycles. The number of aromatic nitrogens is 2. The maximum absolute atomic E-state index is 10.2. The van der Waals surface area contributed by atoms with E-state index < -0.39 is 6.10 Å². The largest absolute Gasteiger partial charge is 0.389 e. The fraction of sp³-hybridized carbons (Fsp3) is 0.611. The number of aliphatic hydroxyl groups excluding tert-OH is 1. The first kappa shape index (κ1) is 16.3. The number of thiophene rings is 1. The number of β-amino-alcohol motifs (C(OH)–C–C–N with tert-alkyl or cyclic N) is 1. The van der Waals surface area contributed by atoms with Gasteiger partial charge in [0.25, 0.3) is 0 Å². The van der Waals surface area contributed by atoms with Gasteiger partial charge in [-0.15, -0.1) is 11.3 Å². The molecule has 1 fully saturated rings. The summed E-state index contributed by atoms with van der Waals surface area (Å²) < 4.78 is 7.94. The molecule has 1 atom stereocenters. The number of rotatable bonds is 7. The highest BCUT2D eigenvalue weighted by Crippen LogP contribution is 2.40. The number of aliphatic hydroxyl groups is 1. The molecule has 1 saturated carbocycles. The number of fused-ring (bicyclic) bond motifs is 1. The van der Waals surface area contributed by atoms with Crippen molar-refractivity contribution < 1.29 is 9.84 Å². The van der Waals surface area contributed by atoms with Gasteiger partial charge in [-0.25, -0.2) is 4.98 Å². The van der Waals surface area contributed by atoms with Crippen molar-refractivity contribution in [2.75, 3.05) is 19.7 Å². The van der Waals surface area contributed by atoms with Gasteiger partial charge in [0.05, 0.1) is 25.0 Å². The molecule has 0 spiro atoms. The van der Waals surface area contributed by atoms with E-state index in [1.54, 1.807) is 11.3 Å². The Morgan fingerprint density at radius 2 is 2.33 bits per heavy atom. The summed E-state index contributed by atoms with van der Waals surface area (Å²) in [5.41, 5.74) is 2.59. The van der Waals surface area contributed by atoms with Gasteiger partial charge >= 0.3 is 0 Å². The first-order chi connectivity index (χ1) is 11.7. The van der Waals surface area contributed by atoms with Crippen molar-refractivity contribution in [1.82, 2.24) is 14.5 Å². The standard InChI is InChI=1S/C18H25N3O2S/c1-20-17-6-7-21(10-16(17)19-18(20)13-4-5-13)9-14(22)11-23-12-15-3-2-8-24-15/h2-3,8,13-14,22H,4-7,9-12H2,1H3. The quantitative estimate of drug-likeness (QED) is 0.835. The van der Waals surface area contributed by atoms with E-state index in [-0.39, 0.29) is 0 Å². The lowest BCUT2D eigenvalue weighted by Gasteiger charge is -2.28. The Bertz CT molecular complexity index is 679. The summed E-state index contributed by atoms with van der Waals surface area (Å²) in [5, 5.41) is 12.3. The van der Waals surface area contributed by atoms with Crippen LogP contribution in [0.5, 0.6) is 0 Å². The second kappa shape index (κ2) is 6.96. The molecule has 2 aliphatic rings. The van der Waals surface area contributed by atoms with Gasteiger partial charge in [-0.1, -0.05) is 6.07 Å². The maximum Gasteiger partial charge on any atom is 0.112 e. The smallest absolute Gasteiger partial charge is 0.112 e. The van der Waals surface area contributed by atoms with Crippen LogP contribution in [-0.4, -0.2) is 45.4 Å². The minimum atomic E-state index is -0.446. The average molecular weight is 347 g/mol. The molecule has 0 radical (unpaired) electrons. The van der Waals surface area contributed by atoms with Crippen LogP contribution in [0.4, 0.5) is 0 Å². The van der Waals surface area contributed by atoms with E-state index in [9.17, 15) is 5.11 Å². The molecular formula is C18H25N3O2S. The van der Waals surface area contributed by atoms with Gasteiger partial charge < -0.3 is 14.4 Å². The molecule has 0 aromatic carbocycles. The van der Waals surface area contributed by atoms with Crippen molar-refractivity contribution in [3.63, 3.8) is 0 Å². The zero-order valence-corrected chi connectivity index (χ0v) is 15.0. The Kier molecular flexibility index (Phi) is 4.72. The van der Waals surface area contributed by atoms with Crippen molar-refractivity contribution in [1.29, 1.82) is 0 Å². The van der Waals surface area contributed by atoms with Crippen molar-refractivity contribution in [3.05, 3.63) is 39.6 Å². The zero-order valence-electron chi connectivity index (χ0n) is 14.1. The molecule has 24 heavy (non-hydrogen) atoms. The van der Waals surface area contributed by atoms with Crippen LogP contribution in [0, 0.1) is 0 Å². The monoisotopic (exact) mass is 347 g/mol. The number of hydrogen-bond donors (Lipinski definition) is 1. The van der Waals surface area contributed by atoms with Crippen molar-refractivity contribution in [3.8, 4) is 0 Å². The normalized spacial score (nSPS) is 19.4. The third kappa shape index (κ3) is 3.57. The van der Waals surface area contributed by atoms with Gasteiger partial charge in [-0.05, 0) is 24.3 Å². The van der Waals surface area contributed by atoms with E-state index in [2.05, 4.69) is 22.6 Å². The Morgan fingerprint density at radius 1 is 1.46 bits per heavy atom. The summed E-state index contributed by atoms with van der Waals surface area (Å²) >= 11 is 1.69.